The van der Waals surface area contributed by atoms with Gasteiger partial charge in [-0.3, -0.25) is 0 Å². The summed E-state index contributed by atoms with van der Waals surface area (Å²) < 4.78 is 12.7. The summed E-state index contributed by atoms with van der Waals surface area (Å²) in [6.07, 6.45) is 2.43. The number of hydrogen-bond donors (Lipinski definition) is 1. The normalized spacial score (nSPS) is 16.8. The van der Waals surface area contributed by atoms with Crippen molar-refractivity contribution >= 4 is 0 Å². The molecule has 0 bridgehead atoms. The van der Waals surface area contributed by atoms with Crippen LogP contribution in [0.25, 0.3) is 0 Å². The molecule has 0 aliphatic carbocycles. The van der Waals surface area contributed by atoms with Gasteiger partial charge in [0.25, 0.3) is 0 Å². The third-order valence-electron chi connectivity index (χ3n) is 2.98. The summed E-state index contributed by atoms with van der Waals surface area (Å²) in [6.45, 7) is 6.11. The first-order valence-corrected chi connectivity index (χ1v) is 5.90. The molecule has 0 heterocycles. The van der Waals surface area contributed by atoms with Gasteiger partial charge < -0.3 is 5.11 Å². The molecule has 0 saturated carbocycles. The molecule has 90 valence electrons. The van der Waals surface area contributed by atoms with E-state index in [1.54, 1.807) is 12.1 Å². The minimum atomic E-state index is -0.701. The van der Waals surface area contributed by atoms with E-state index in [1.165, 1.54) is 12.1 Å². The molecule has 0 spiro atoms. The van der Waals surface area contributed by atoms with Crippen molar-refractivity contribution in [3.05, 3.63) is 35.6 Å². The molecule has 1 aromatic carbocycles. The molecular formula is C14H21FO. The fourth-order valence-corrected chi connectivity index (χ4v) is 2.01. The average Bonchev–Trinajstić information content (AvgIpc) is 2.20. The third-order valence-corrected chi connectivity index (χ3v) is 2.98. The van der Waals surface area contributed by atoms with E-state index < -0.39 is 5.60 Å². The van der Waals surface area contributed by atoms with E-state index in [2.05, 4.69) is 13.8 Å². The fraction of sp³-hybridized carbons (Fsp3) is 0.571. The van der Waals surface area contributed by atoms with Crippen molar-refractivity contribution < 1.29 is 9.50 Å². The molecular weight excluding hydrogens is 203 g/mol. The van der Waals surface area contributed by atoms with Crippen LogP contribution in [0.3, 0.4) is 0 Å². The quantitative estimate of drug-likeness (QED) is 0.811. The van der Waals surface area contributed by atoms with Gasteiger partial charge in [-0.05, 0) is 37.0 Å². The van der Waals surface area contributed by atoms with Crippen LogP contribution in [0.1, 0.15) is 39.2 Å². The standard InChI is InChI=1S/C14H21FO/c1-4-11(2)9-14(3,16)10-12-5-7-13(15)8-6-12/h5-8,11,16H,4,9-10H2,1-3H3. The number of hydrogen-bond acceptors (Lipinski definition) is 1. The van der Waals surface area contributed by atoms with Crippen molar-refractivity contribution in [3.63, 3.8) is 0 Å². The Bertz CT molecular complexity index is 316. The lowest BCUT2D eigenvalue weighted by Crippen LogP contribution is -2.29. The van der Waals surface area contributed by atoms with E-state index in [9.17, 15) is 9.50 Å². The molecule has 16 heavy (non-hydrogen) atoms. The Morgan fingerprint density at radius 2 is 1.88 bits per heavy atom. The molecule has 0 fully saturated rings. The van der Waals surface area contributed by atoms with Crippen LogP contribution in [-0.4, -0.2) is 10.7 Å². The monoisotopic (exact) mass is 224 g/mol. The van der Waals surface area contributed by atoms with Gasteiger partial charge in [0.05, 0.1) is 5.60 Å². The molecule has 0 aliphatic heterocycles. The molecule has 1 aromatic rings. The Labute approximate surface area is 97.3 Å². The first-order chi connectivity index (χ1) is 7.43. The van der Waals surface area contributed by atoms with Crippen LogP contribution in [0.5, 0.6) is 0 Å². The highest BCUT2D eigenvalue weighted by molar-refractivity contribution is 5.17. The van der Waals surface area contributed by atoms with Gasteiger partial charge in [0.2, 0.25) is 0 Å². The van der Waals surface area contributed by atoms with Crippen molar-refractivity contribution in [1.82, 2.24) is 0 Å². The molecule has 0 aliphatic rings. The van der Waals surface area contributed by atoms with Crippen LogP contribution >= 0.6 is 0 Å². The molecule has 0 radical (unpaired) electrons. The van der Waals surface area contributed by atoms with Crippen LogP contribution in [-0.2, 0) is 6.42 Å². The van der Waals surface area contributed by atoms with E-state index in [4.69, 9.17) is 0 Å². The van der Waals surface area contributed by atoms with Gasteiger partial charge in [-0.2, -0.15) is 0 Å². The lowest BCUT2D eigenvalue weighted by Gasteiger charge is -2.26. The maximum atomic E-state index is 12.7. The Morgan fingerprint density at radius 1 is 1.31 bits per heavy atom. The number of aliphatic hydroxyl groups is 1. The largest absolute Gasteiger partial charge is 0.390 e. The lowest BCUT2D eigenvalue weighted by atomic mass is 9.86. The van der Waals surface area contributed by atoms with E-state index in [0.29, 0.717) is 12.3 Å². The Hall–Kier alpha value is -0.890. The van der Waals surface area contributed by atoms with Gasteiger partial charge in [0, 0.05) is 6.42 Å². The molecule has 1 rings (SSSR count). The minimum Gasteiger partial charge on any atom is -0.390 e. The highest BCUT2D eigenvalue weighted by Crippen LogP contribution is 2.23. The van der Waals surface area contributed by atoms with Gasteiger partial charge in [-0.1, -0.05) is 32.4 Å². The maximum absolute atomic E-state index is 12.7. The van der Waals surface area contributed by atoms with E-state index in [-0.39, 0.29) is 5.82 Å². The number of halogens is 1. The van der Waals surface area contributed by atoms with Crippen LogP contribution in [0, 0.1) is 11.7 Å². The SMILES string of the molecule is CCC(C)CC(C)(O)Cc1ccc(F)cc1. The second-order valence-electron chi connectivity index (χ2n) is 5.02. The third kappa shape index (κ3) is 4.31. The number of rotatable bonds is 5. The van der Waals surface area contributed by atoms with Crippen molar-refractivity contribution in [3.8, 4) is 0 Å². The second kappa shape index (κ2) is 5.44. The molecule has 2 unspecified atom stereocenters. The van der Waals surface area contributed by atoms with Gasteiger partial charge >= 0.3 is 0 Å². The second-order valence-corrected chi connectivity index (χ2v) is 5.02. The molecule has 2 atom stereocenters. The van der Waals surface area contributed by atoms with Crippen molar-refractivity contribution in [1.29, 1.82) is 0 Å². The van der Waals surface area contributed by atoms with Crippen molar-refractivity contribution in [2.24, 2.45) is 5.92 Å². The van der Waals surface area contributed by atoms with Crippen LogP contribution in [0.2, 0.25) is 0 Å². The zero-order valence-electron chi connectivity index (χ0n) is 10.3. The van der Waals surface area contributed by atoms with Gasteiger partial charge in [0.15, 0.2) is 0 Å². The van der Waals surface area contributed by atoms with Gasteiger partial charge in [-0.15, -0.1) is 0 Å². The first kappa shape index (κ1) is 13.2. The summed E-state index contributed by atoms with van der Waals surface area (Å²) in [7, 11) is 0. The van der Waals surface area contributed by atoms with E-state index in [0.717, 1.165) is 18.4 Å². The zero-order chi connectivity index (χ0) is 12.2. The molecule has 1 nitrogen and oxygen atoms in total. The highest BCUT2D eigenvalue weighted by Gasteiger charge is 2.23. The molecule has 0 aromatic heterocycles. The summed E-state index contributed by atoms with van der Waals surface area (Å²) in [5, 5.41) is 10.2. The lowest BCUT2D eigenvalue weighted by molar-refractivity contribution is 0.0359. The molecule has 0 saturated heterocycles. The average molecular weight is 224 g/mol. The van der Waals surface area contributed by atoms with Crippen LogP contribution < -0.4 is 0 Å². The Kier molecular flexibility index (Phi) is 4.48. The zero-order valence-corrected chi connectivity index (χ0v) is 10.3. The minimum absolute atomic E-state index is 0.231. The Morgan fingerprint density at radius 3 is 2.38 bits per heavy atom. The van der Waals surface area contributed by atoms with E-state index in [1.807, 2.05) is 6.92 Å². The van der Waals surface area contributed by atoms with Gasteiger partial charge in [-0.25, -0.2) is 4.39 Å². The van der Waals surface area contributed by atoms with Crippen LogP contribution in [0.15, 0.2) is 24.3 Å². The predicted octanol–water partition coefficient (Wildman–Crippen LogP) is 3.56. The molecule has 1 N–H and O–H groups in total. The number of benzene rings is 1. The first-order valence-electron chi connectivity index (χ1n) is 5.90. The summed E-state index contributed by atoms with van der Waals surface area (Å²) in [6, 6.07) is 6.35. The summed E-state index contributed by atoms with van der Waals surface area (Å²) in [5.41, 5.74) is 0.280. The van der Waals surface area contributed by atoms with E-state index >= 15 is 0 Å². The summed E-state index contributed by atoms with van der Waals surface area (Å²) in [4.78, 5) is 0. The topological polar surface area (TPSA) is 20.2 Å². The van der Waals surface area contributed by atoms with Crippen LogP contribution in [0.4, 0.5) is 4.39 Å². The summed E-state index contributed by atoms with van der Waals surface area (Å²) >= 11 is 0. The van der Waals surface area contributed by atoms with Gasteiger partial charge in [0.1, 0.15) is 5.82 Å². The Balaban J connectivity index is 2.61. The van der Waals surface area contributed by atoms with Crippen molar-refractivity contribution in [2.45, 2.75) is 45.6 Å². The highest BCUT2D eigenvalue weighted by atomic mass is 19.1. The maximum Gasteiger partial charge on any atom is 0.123 e. The summed E-state index contributed by atoms with van der Waals surface area (Å²) in [5.74, 6) is 0.278. The fourth-order valence-electron chi connectivity index (χ4n) is 2.01. The predicted molar refractivity (Wildman–Crippen MR) is 64.8 cm³/mol. The molecule has 2 heteroatoms. The smallest absolute Gasteiger partial charge is 0.123 e. The van der Waals surface area contributed by atoms with Crippen molar-refractivity contribution in [2.75, 3.05) is 0 Å². The molecule has 0 amide bonds.